The van der Waals surface area contributed by atoms with Crippen LogP contribution >= 0.6 is 7.82 Å². The maximum Gasteiger partial charge on any atom is 0.472 e. The van der Waals surface area contributed by atoms with E-state index in [1.807, 2.05) is 12.2 Å². The molecule has 0 radical (unpaired) electrons. The summed E-state index contributed by atoms with van der Waals surface area (Å²) in [5.74, 6) is -2.50. The van der Waals surface area contributed by atoms with Crippen LogP contribution in [0.15, 0.2) is 72.9 Å². The number of carbonyl (C=O) groups excluding carboxylic acids is 2. The number of carbonyl (C=O) groups is 3. The van der Waals surface area contributed by atoms with E-state index in [1.165, 1.54) is 57.8 Å². The minimum Gasteiger partial charge on any atom is -0.480 e. The zero-order valence-electron chi connectivity index (χ0n) is 37.4. The number of hydrogen-bond donors (Lipinski definition) is 3. The van der Waals surface area contributed by atoms with Gasteiger partial charge in [0.2, 0.25) is 0 Å². The molecular weight excluding hydrogens is 797 g/mol. The number of aliphatic carboxylic acids is 1. The first-order valence-corrected chi connectivity index (χ1v) is 24.6. The van der Waals surface area contributed by atoms with Gasteiger partial charge < -0.3 is 29.9 Å². The Hall–Kier alpha value is -3.12. The average molecular weight is 878 g/mol. The summed E-state index contributed by atoms with van der Waals surface area (Å²) in [5, 5.41) is 8.90. The molecular formula is C48H80NO11P. The zero-order chi connectivity index (χ0) is 44.7. The predicted molar refractivity (Wildman–Crippen MR) is 244 cm³/mol. The number of phosphoric ester groups is 1. The summed E-state index contributed by atoms with van der Waals surface area (Å²) in [5.41, 5.74) is 5.33. The Morgan fingerprint density at radius 3 is 1.67 bits per heavy atom. The molecule has 61 heavy (non-hydrogen) atoms. The van der Waals surface area contributed by atoms with Crippen molar-refractivity contribution in [1.82, 2.24) is 0 Å². The molecule has 348 valence electrons. The maximum absolute atomic E-state index is 12.6. The molecule has 0 aromatic heterocycles. The van der Waals surface area contributed by atoms with E-state index in [-0.39, 0.29) is 12.8 Å². The fourth-order valence-electron chi connectivity index (χ4n) is 6.13. The van der Waals surface area contributed by atoms with E-state index < -0.39 is 57.7 Å². The van der Waals surface area contributed by atoms with Crippen molar-refractivity contribution in [3.05, 3.63) is 72.9 Å². The number of nitrogens with two attached hydrogens (primary N) is 1. The van der Waals surface area contributed by atoms with Crippen LogP contribution in [-0.4, -0.2) is 72.1 Å². The fourth-order valence-corrected chi connectivity index (χ4v) is 6.90. The Labute approximate surface area is 367 Å². The summed E-state index contributed by atoms with van der Waals surface area (Å²) in [7, 11) is -4.74. The van der Waals surface area contributed by atoms with E-state index in [9.17, 15) is 23.8 Å². The summed E-state index contributed by atoms with van der Waals surface area (Å²) in [4.78, 5) is 46.0. The van der Waals surface area contributed by atoms with Gasteiger partial charge in [0.15, 0.2) is 6.10 Å². The average Bonchev–Trinajstić information content (AvgIpc) is 3.99. The van der Waals surface area contributed by atoms with Crippen molar-refractivity contribution in [3.63, 3.8) is 0 Å². The van der Waals surface area contributed by atoms with Crippen molar-refractivity contribution < 1.29 is 52.2 Å². The van der Waals surface area contributed by atoms with Crippen molar-refractivity contribution in [2.24, 2.45) is 5.73 Å². The number of unbranched alkanes of at least 4 members (excludes halogenated alkanes) is 13. The monoisotopic (exact) mass is 878 g/mol. The number of hydrogen-bond acceptors (Lipinski definition) is 10. The van der Waals surface area contributed by atoms with Gasteiger partial charge in [0.1, 0.15) is 12.6 Å². The van der Waals surface area contributed by atoms with Crippen LogP contribution in [-0.2, 0) is 42.2 Å². The molecule has 1 aliphatic heterocycles. The number of esters is 2. The first-order valence-electron chi connectivity index (χ1n) is 23.1. The molecule has 1 saturated heterocycles. The Morgan fingerprint density at radius 1 is 0.607 bits per heavy atom. The normalized spacial score (nSPS) is 17.6. The van der Waals surface area contributed by atoms with Crippen LogP contribution in [0.2, 0.25) is 0 Å². The lowest BCUT2D eigenvalue weighted by atomic mass is 10.1. The van der Waals surface area contributed by atoms with E-state index in [2.05, 4.69) is 79.1 Å². The summed E-state index contributed by atoms with van der Waals surface area (Å²) in [6.07, 6.45) is 48.7. The van der Waals surface area contributed by atoms with Crippen molar-refractivity contribution in [2.75, 3.05) is 19.8 Å². The number of phosphoric acid groups is 1. The Balaban J connectivity index is 2.31. The van der Waals surface area contributed by atoms with Gasteiger partial charge in [-0.25, -0.2) is 4.57 Å². The first kappa shape index (κ1) is 55.9. The third-order valence-corrected chi connectivity index (χ3v) is 10.8. The second-order valence-corrected chi connectivity index (χ2v) is 17.0. The minimum absolute atomic E-state index is 0.0893. The highest BCUT2D eigenvalue weighted by atomic mass is 31.2. The van der Waals surface area contributed by atoms with Gasteiger partial charge in [-0.3, -0.25) is 23.4 Å². The lowest BCUT2D eigenvalue weighted by Gasteiger charge is -2.20. The number of allylic oxidation sites excluding steroid dienone is 10. The van der Waals surface area contributed by atoms with Crippen molar-refractivity contribution >= 4 is 25.7 Å². The molecule has 1 fully saturated rings. The maximum atomic E-state index is 12.6. The van der Waals surface area contributed by atoms with Crippen molar-refractivity contribution in [2.45, 2.75) is 192 Å². The van der Waals surface area contributed by atoms with Crippen LogP contribution in [0.3, 0.4) is 0 Å². The number of rotatable bonds is 41. The number of carboxylic acid groups (broad SMARTS) is 1. The molecule has 0 aliphatic carbocycles. The van der Waals surface area contributed by atoms with Gasteiger partial charge in [-0.05, 0) is 77.0 Å². The van der Waals surface area contributed by atoms with Crippen molar-refractivity contribution in [3.8, 4) is 0 Å². The van der Waals surface area contributed by atoms with Gasteiger partial charge in [-0.2, -0.15) is 0 Å². The van der Waals surface area contributed by atoms with E-state index in [0.717, 1.165) is 70.6 Å². The zero-order valence-corrected chi connectivity index (χ0v) is 38.3. The largest absolute Gasteiger partial charge is 0.480 e. The first-order chi connectivity index (χ1) is 29.6. The molecule has 1 rings (SSSR count). The molecule has 13 heteroatoms. The second-order valence-electron chi connectivity index (χ2n) is 15.5. The highest BCUT2D eigenvalue weighted by Gasteiger charge is 2.36. The molecule has 0 saturated carbocycles. The predicted octanol–water partition coefficient (Wildman–Crippen LogP) is 11.5. The van der Waals surface area contributed by atoms with Crippen LogP contribution in [0.4, 0.5) is 0 Å². The Kier molecular flexibility index (Phi) is 35.3. The molecule has 12 nitrogen and oxygen atoms in total. The van der Waals surface area contributed by atoms with E-state index >= 15 is 0 Å². The van der Waals surface area contributed by atoms with Gasteiger partial charge in [0.25, 0.3) is 0 Å². The van der Waals surface area contributed by atoms with Crippen LogP contribution < -0.4 is 5.73 Å². The van der Waals surface area contributed by atoms with Gasteiger partial charge >= 0.3 is 25.7 Å². The molecule has 0 aromatic carbocycles. The highest BCUT2D eigenvalue weighted by Crippen LogP contribution is 2.43. The molecule has 0 spiro atoms. The molecule has 5 atom stereocenters. The SMILES string of the molecule is CC/C=C\CC1OC1C/C=C\C/C=C\C/C=C\C/C=C\CCC(=O)OC[C@H](COP(=O)(O)OC[C@H](N)C(=O)O)OC(=O)CCCCCCCCC/C=C\CCCCCCCC. The lowest BCUT2D eigenvalue weighted by Crippen LogP contribution is -2.34. The second kappa shape index (κ2) is 38.5. The van der Waals surface area contributed by atoms with Crippen molar-refractivity contribution in [1.29, 1.82) is 0 Å². The third-order valence-electron chi connectivity index (χ3n) is 9.85. The Bertz CT molecular complexity index is 1370. The molecule has 1 heterocycles. The van der Waals surface area contributed by atoms with Gasteiger partial charge in [0.05, 0.1) is 25.4 Å². The van der Waals surface area contributed by atoms with Crippen LogP contribution in [0, 0.1) is 0 Å². The molecule has 0 amide bonds. The minimum atomic E-state index is -4.74. The van der Waals surface area contributed by atoms with E-state index in [1.54, 1.807) is 0 Å². The van der Waals surface area contributed by atoms with Crippen LogP contribution in [0.1, 0.15) is 168 Å². The van der Waals surface area contributed by atoms with E-state index in [0.29, 0.717) is 25.0 Å². The molecule has 4 N–H and O–H groups in total. The third kappa shape index (κ3) is 36.1. The van der Waals surface area contributed by atoms with Gasteiger partial charge in [-0.15, -0.1) is 0 Å². The summed E-state index contributed by atoms with van der Waals surface area (Å²) in [6, 6.07) is -1.54. The van der Waals surface area contributed by atoms with E-state index in [4.69, 9.17) is 29.6 Å². The number of epoxide rings is 1. The summed E-state index contributed by atoms with van der Waals surface area (Å²) >= 11 is 0. The van der Waals surface area contributed by atoms with Gasteiger partial charge in [0, 0.05) is 12.8 Å². The lowest BCUT2D eigenvalue weighted by molar-refractivity contribution is -0.161. The number of carboxylic acids is 1. The fraction of sp³-hybridized carbons (Fsp3) is 0.688. The topological polar surface area (TPSA) is 184 Å². The Morgan fingerprint density at radius 2 is 1.10 bits per heavy atom. The molecule has 1 aliphatic rings. The molecule has 3 unspecified atom stereocenters. The van der Waals surface area contributed by atoms with Crippen LogP contribution in [0.25, 0.3) is 0 Å². The molecule has 0 aromatic rings. The molecule has 0 bridgehead atoms. The van der Waals surface area contributed by atoms with Crippen LogP contribution in [0.5, 0.6) is 0 Å². The number of ether oxygens (including phenoxy) is 3. The summed E-state index contributed by atoms with van der Waals surface area (Å²) in [6.45, 7) is 2.59. The van der Waals surface area contributed by atoms with Gasteiger partial charge in [-0.1, -0.05) is 151 Å². The smallest absolute Gasteiger partial charge is 0.472 e. The standard InChI is InChI=1S/C48H80NO11P/c1-3-5-7-8-9-10-11-12-13-14-15-16-21-24-27-30-34-38-47(51)59-42(40-57-61(54,55)58-41-43(49)48(52)53)39-56-46(50)37-33-29-26-23-20-18-17-19-22-25-28-32-36-45-44(60-45)35-31-6-4-2/h6,12-13,18-20,22,26,28-29,31-32,42-45H,3-5,7-11,14-17,21,23-25,27,30,33-41,49H2,1-2H3,(H,52,53)(H,54,55)/b13-12-,20-18-,22-19-,29-26-,31-6-,32-28-/t42-,43+,44?,45?/m1/s1. The highest BCUT2D eigenvalue weighted by molar-refractivity contribution is 7.47. The summed E-state index contributed by atoms with van der Waals surface area (Å²) < 4.78 is 38.3. The quantitative estimate of drug-likeness (QED) is 0.0174.